The minimum absolute atomic E-state index is 0.0264. The van der Waals surface area contributed by atoms with Crippen molar-refractivity contribution < 1.29 is 9.13 Å². The van der Waals surface area contributed by atoms with Crippen molar-refractivity contribution in [2.45, 2.75) is 32.9 Å². The summed E-state index contributed by atoms with van der Waals surface area (Å²) in [4.78, 5) is 4.23. The van der Waals surface area contributed by atoms with Crippen LogP contribution < -0.4 is 10.1 Å². The van der Waals surface area contributed by atoms with Gasteiger partial charge in [0.2, 0.25) is 5.88 Å². The van der Waals surface area contributed by atoms with Gasteiger partial charge in [0.05, 0.1) is 5.02 Å². The molecule has 0 bridgehead atoms. The predicted octanol–water partition coefficient (Wildman–Crippen LogP) is 4.55. The van der Waals surface area contributed by atoms with E-state index in [9.17, 15) is 4.39 Å². The van der Waals surface area contributed by atoms with E-state index < -0.39 is 5.82 Å². The number of halogens is 2. The van der Waals surface area contributed by atoms with Crippen LogP contribution >= 0.6 is 11.6 Å². The van der Waals surface area contributed by atoms with Crippen molar-refractivity contribution in [3.05, 3.63) is 52.9 Å². The molecule has 1 aromatic carbocycles. The highest BCUT2D eigenvalue weighted by Gasteiger charge is 2.09. The van der Waals surface area contributed by atoms with E-state index in [2.05, 4.69) is 31.1 Å². The molecule has 5 heteroatoms. The van der Waals surface area contributed by atoms with Crippen molar-refractivity contribution in [2.24, 2.45) is 0 Å². The summed E-state index contributed by atoms with van der Waals surface area (Å²) in [5, 5.41) is 3.41. The molecule has 0 radical (unpaired) electrons. The molecule has 0 aliphatic heterocycles. The SMILES string of the molecule is CC(C)(C)NCc1ccc(Oc2ccc(F)c(Cl)c2)nc1. The van der Waals surface area contributed by atoms with E-state index in [1.807, 2.05) is 6.07 Å². The molecule has 0 aliphatic rings. The number of hydrogen-bond donors (Lipinski definition) is 1. The van der Waals surface area contributed by atoms with Crippen molar-refractivity contribution in [3.63, 3.8) is 0 Å². The van der Waals surface area contributed by atoms with Crippen molar-refractivity contribution in [3.8, 4) is 11.6 Å². The zero-order valence-electron chi connectivity index (χ0n) is 12.3. The van der Waals surface area contributed by atoms with Crippen LogP contribution in [0.15, 0.2) is 36.5 Å². The fourth-order valence-corrected chi connectivity index (χ4v) is 1.77. The first-order valence-electron chi connectivity index (χ1n) is 6.66. The molecule has 0 atom stereocenters. The van der Waals surface area contributed by atoms with Crippen molar-refractivity contribution in [1.29, 1.82) is 0 Å². The molecule has 0 aliphatic carbocycles. The summed E-state index contributed by atoms with van der Waals surface area (Å²) in [6, 6.07) is 7.91. The van der Waals surface area contributed by atoms with Gasteiger partial charge in [-0.3, -0.25) is 0 Å². The van der Waals surface area contributed by atoms with E-state index in [4.69, 9.17) is 16.3 Å². The van der Waals surface area contributed by atoms with E-state index in [0.717, 1.165) is 12.1 Å². The van der Waals surface area contributed by atoms with Crippen LogP contribution in [0.4, 0.5) is 4.39 Å². The molecule has 2 rings (SSSR count). The van der Waals surface area contributed by atoms with Crippen LogP contribution in [0.25, 0.3) is 0 Å². The molecule has 2 aromatic rings. The lowest BCUT2D eigenvalue weighted by Gasteiger charge is -2.20. The second kappa shape index (κ2) is 6.41. The lowest BCUT2D eigenvalue weighted by Crippen LogP contribution is -2.35. The summed E-state index contributed by atoms with van der Waals surface area (Å²) in [6.45, 7) is 7.06. The zero-order chi connectivity index (χ0) is 15.5. The predicted molar refractivity (Wildman–Crippen MR) is 82.3 cm³/mol. The van der Waals surface area contributed by atoms with E-state index in [0.29, 0.717) is 11.6 Å². The quantitative estimate of drug-likeness (QED) is 0.899. The Morgan fingerprint density at radius 3 is 2.57 bits per heavy atom. The van der Waals surface area contributed by atoms with Gasteiger partial charge in [-0.1, -0.05) is 17.7 Å². The van der Waals surface area contributed by atoms with Gasteiger partial charge >= 0.3 is 0 Å². The Morgan fingerprint density at radius 2 is 2.00 bits per heavy atom. The van der Waals surface area contributed by atoms with Crippen molar-refractivity contribution in [2.75, 3.05) is 0 Å². The van der Waals surface area contributed by atoms with Crippen molar-refractivity contribution in [1.82, 2.24) is 10.3 Å². The molecule has 0 fully saturated rings. The first-order valence-corrected chi connectivity index (χ1v) is 7.04. The molecule has 112 valence electrons. The molecule has 3 nitrogen and oxygen atoms in total. The Kier molecular flexibility index (Phi) is 4.80. The summed E-state index contributed by atoms with van der Waals surface area (Å²) in [5.74, 6) is 0.423. The maximum Gasteiger partial charge on any atom is 0.219 e. The molecular weight excluding hydrogens is 291 g/mol. The van der Waals surface area contributed by atoms with Gasteiger partial charge in [-0.05, 0) is 38.5 Å². The van der Waals surface area contributed by atoms with E-state index >= 15 is 0 Å². The monoisotopic (exact) mass is 308 g/mol. The number of pyridine rings is 1. The molecule has 0 saturated carbocycles. The topological polar surface area (TPSA) is 34.1 Å². The molecule has 1 heterocycles. The number of hydrogen-bond acceptors (Lipinski definition) is 3. The first kappa shape index (κ1) is 15.7. The number of nitrogens with zero attached hydrogens (tertiary/aromatic N) is 1. The fourth-order valence-electron chi connectivity index (χ4n) is 1.60. The first-order chi connectivity index (χ1) is 9.83. The van der Waals surface area contributed by atoms with Gasteiger partial charge in [0.1, 0.15) is 11.6 Å². The van der Waals surface area contributed by atoms with Crippen LogP contribution in [-0.4, -0.2) is 10.5 Å². The summed E-state index contributed by atoms with van der Waals surface area (Å²) in [5.41, 5.74) is 1.12. The Bertz CT molecular complexity index is 609. The Labute approximate surface area is 129 Å². The van der Waals surface area contributed by atoms with Crippen molar-refractivity contribution >= 4 is 11.6 Å². The van der Waals surface area contributed by atoms with E-state index in [-0.39, 0.29) is 10.6 Å². The average Bonchev–Trinajstić information content (AvgIpc) is 2.41. The summed E-state index contributed by atoms with van der Waals surface area (Å²) < 4.78 is 18.6. The van der Waals surface area contributed by atoms with Gasteiger partial charge in [0, 0.05) is 30.4 Å². The number of aromatic nitrogens is 1. The Morgan fingerprint density at radius 1 is 1.24 bits per heavy atom. The molecule has 0 amide bonds. The van der Waals surface area contributed by atoms with Gasteiger partial charge in [-0.15, -0.1) is 0 Å². The Hall–Kier alpha value is -1.65. The highest BCUT2D eigenvalue weighted by molar-refractivity contribution is 6.30. The molecule has 21 heavy (non-hydrogen) atoms. The smallest absolute Gasteiger partial charge is 0.219 e. The van der Waals surface area contributed by atoms with Crippen LogP contribution in [-0.2, 0) is 6.54 Å². The van der Waals surface area contributed by atoms with E-state index in [1.165, 1.54) is 18.2 Å². The zero-order valence-corrected chi connectivity index (χ0v) is 13.0. The average molecular weight is 309 g/mol. The number of rotatable bonds is 4. The van der Waals surface area contributed by atoms with Gasteiger partial charge < -0.3 is 10.1 Å². The van der Waals surface area contributed by atoms with Gasteiger partial charge in [0.25, 0.3) is 0 Å². The van der Waals surface area contributed by atoms with Crippen LogP contribution in [0.5, 0.6) is 11.6 Å². The Balaban J connectivity index is 2.00. The molecule has 1 aromatic heterocycles. The van der Waals surface area contributed by atoms with Crippen LogP contribution in [0, 0.1) is 5.82 Å². The third-order valence-corrected chi connectivity index (χ3v) is 3.02. The molecule has 1 N–H and O–H groups in total. The lowest BCUT2D eigenvalue weighted by molar-refractivity contribution is 0.423. The normalized spacial score (nSPS) is 11.5. The minimum Gasteiger partial charge on any atom is -0.439 e. The van der Waals surface area contributed by atoms with Crippen LogP contribution in [0.1, 0.15) is 26.3 Å². The number of nitrogens with one attached hydrogen (secondary N) is 1. The minimum atomic E-state index is -0.472. The molecule has 0 spiro atoms. The number of benzene rings is 1. The van der Waals surface area contributed by atoms with Gasteiger partial charge in [-0.25, -0.2) is 9.37 Å². The van der Waals surface area contributed by atoms with E-state index in [1.54, 1.807) is 12.3 Å². The highest BCUT2D eigenvalue weighted by atomic mass is 35.5. The number of ether oxygens (including phenoxy) is 1. The third-order valence-electron chi connectivity index (χ3n) is 2.73. The van der Waals surface area contributed by atoms with Gasteiger partial charge in [0.15, 0.2) is 0 Å². The molecular formula is C16H18ClFN2O. The molecule has 0 saturated heterocycles. The fraction of sp³-hybridized carbons (Fsp3) is 0.312. The lowest BCUT2D eigenvalue weighted by atomic mass is 10.1. The standard InChI is InChI=1S/C16H18ClFN2O/c1-16(2,3)20-10-11-4-7-15(19-9-11)21-12-5-6-14(18)13(17)8-12/h4-9,20H,10H2,1-3H3. The second-order valence-corrected chi connectivity index (χ2v) is 6.19. The second-order valence-electron chi connectivity index (χ2n) is 5.79. The maximum absolute atomic E-state index is 13.1. The highest BCUT2D eigenvalue weighted by Crippen LogP contribution is 2.25. The largest absolute Gasteiger partial charge is 0.439 e. The van der Waals surface area contributed by atoms with Crippen LogP contribution in [0.2, 0.25) is 5.02 Å². The van der Waals surface area contributed by atoms with Crippen LogP contribution in [0.3, 0.4) is 0 Å². The summed E-state index contributed by atoms with van der Waals surface area (Å²) >= 11 is 5.71. The summed E-state index contributed by atoms with van der Waals surface area (Å²) in [7, 11) is 0. The maximum atomic E-state index is 13.1. The summed E-state index contributed by atoms with van der Waals surface area (Å²) in [6.07, 6.45) is 1.75. The molecule has 0 unspecified atom stereocenters. The van der Waals surface area contributed by atoms with Gasteiger partial charge in [-0.2, -0.15) is 0 Å². The third kappa shape index (κ3) is 4.99.